The molecule has 0 unspecified atom stereocenters. The molecule has 1 aromatic rings. The van der Waals surface area contributed by atoms with E-state index in [0.29, 0.717) is 13.2 Å². The van der Waals surface area contributed by atoms with Crippen LogP contribution in [0.1, 0.15) is 19.4 Å². The SMILES string of the molecule is CCOc1cccc(CCNC(=O)N[C@@H](C)CO)c1. The lowest BCUT2D eigenvalue weighted by molar-refractivity contribution is 0.220. The highest BCUT2D eigenvalue weighted by atomic mass is 16.5. The van der Waals surface area contributed by atoms with Crippen LogP contribution in [0.3, 0.4) is 0 Å². The quantitative estimate of drug-likeness (QED) is 0.697. The van der Waals surface area contributed by atoms with Crippen molar-refractivity contribution < 1.29 is 14.6 Å². The van der Waals surface area contributed by atoms with Crippen LogP contribution in [0.15, 0.2) is 24.3 Å². The molecule has 0 spiro atoms. The summed E-state index contributed by atoms with van der Waals surface area (Å²) in [5.74, 6) is 0.846. The predicted molar refractivity (Wildman–Crippen MR) is 74.4 cm³/mol. The number of amides is 2. The molecule has 0 saturated heterocycles. The van der Waals surface area contributed by atoms with E-state index in [1.54, 1.807) is 6.92 Å². The molecular weight excluding hydrogens is 244 g/mol. The van der Waals surface area contributed by atoms with Crippen LogP contribution in [0.4, 0.5) is 4.79 Å². The van der Waals surface area contributed by atoms with Gasteiger partial charge in [0.2, 0.25) is 0 Å². The molecule has 1 aromatic carbocycles. The van der Waals surface area contributed by atoms with Crippen molar-refractivity contribution in [3.63, 3.8) is 0 Å². The van der Waals surface area contributed by atoms with Crippen LogP contribution in [0.5, 0.6) is 5.75 Å². The van der Waals surface area contributed by atoms with Crippen LogP contribution in [0, 0.1) is 0 Å². The van der Waals surface area contributed by atoms with Gasteiger partial charge in [-0.25, -0.2) is 4.79 Å². The third-order valence-corrected chi connectivity index (χ3v) is 2.56. The summed E-state index contributed by atoms with van der Waals surface area (Å²) >= 11 is 0. The Labute approximate surface area is 114 Å². The number of nitrogens with one attached hydrogen (secondary N) is 2. The molecule has 1 atom stereocenters. The van der Waals surface area contributed by atoms with Crippen molar-refractivity contribution in [2.45, 2.75) is 26.3 Å². The summed E-state index contributed by atoms with van der Waals surface area (Å²) in [7, 11) is 0. The number of aliphatic hydroxyl groups excluding tert-OH is 1. The molecule has 0 heterocycles. The van der Waals surface area contributed by atoms with E-state index in [2.05, 4.69) is 10.6 Å². The highest BCUT2D eigenvalue weighted by Gasteiger charge is 2.04. The van der Waals surface area contributed by atoms with E-state index >= 15 is 0 Å². The van der Waals surface area contributed by atoms with Crippen molar-refractivity contribution in [1.82, 2.24) is 10.6 Å². The molecule has 3 N–H and O–H groups in total. The highest BCUT2D eigenvalue weighted by molar-refractivity contribution is 5.74. The third kappa shape index (κ3) is 6.10. The molecule has 0 fully saturated rings. The van der Waals surface area contributed by atoms with Crippen LogP contribution >= 0.6 is 0 Å². The predicted octanol–water partition coefficient (Wildman–Crippen LogP) is 1.31. The molecule has 106 valence electrons. The number of hydrogen-bond donors (Lipinski definition) is 3. The summed E-state index contributed by atoms with van der Waals surface area (Å²) in [5, 5.41) is 14.2. The molecule has 0 aliphatic carbocycles. The second-order valence-corrected chi connectivity index (χ2v) is 4.31. The van der Waals surface area contributed by atoms with Crippen molar-refractivity contribution in [2.75, 3.05) is 19.8 Å². The first-order valence-corrected chi connectivity index (χ1v) is 6.52. The van der Waals surface area contributed by atoms with Gasteiger partial charge in [-0.2, -0.15) is 0 Å². The lowest BCUT2D eigenvalue weighted by atomic mass is 10.1. The van der Waals surface area contributed by atoms with Crippen molar-refractivity contribution in [3.8, 4) is 5.75 Å². The Morgan fingerprint density at radius 2 is 2.26 bits per heavy atom. The molecule has 5 nitrogen and oxygen atoms in total. The molecule has 2 amide bonds. The topological polar surface area (TPSA) is 70.6 Å². The first-order valence-electron chi connectivity index (χ1n) is 6.52. The van der Waals surface area contributed by atoms with E-state index < -0.39 is 0 Å². The number of ether oxygens (including phenoxy) is 1. The minimum atomic E-state index is -0.262. The zero-order valence-electron chi connectivity index (χ0n) is 11.5. The van der Waals surface area contributed by atoms with Crippen LogP contribution < -0.4 is 15.4 Å². The molecule has 0 aliphatic rings. The van der Waals surface area contributed by atoms with E-state index in [-0.39, 0.29) is 18.7 Å². The summed E-state index contributed by atoms with van der Waals surface area (Å²) in [5.41, 5.74) is 1.11. The standard InChI is InChI=1S/C14H22N2O3/c1-3-19-13-6-4-5-12(9-13)7-8-15-14(18)16-11(2)10-17/h4-6,9,11,17H,3,7-8,10H2,1-2H3,(H2,15,16,18)/t11-/m0/s1. The van der Waals surface area contributed by atoms with E-state index in [1.807, 2.05) is 31.2 Å². The Bertz CT molecular complexity index is 396. The van der Waals surface area contributed by atoms with Gasteiger partial charge in [0.05, 0.1) is 19.3 Å². The number of carbonyl (C=O) groups is 1. The maximum absolute atomic E-state index is 11.4. The lowest BCUT2D eigenvalue weighted by Crippen LogP contribution is -2.42. The Morgan fingerprint density at radius 1 is 1.47 bits per heavy atom. The average molecular weight is 266 g/mol. The zero-order chi connectivity index (χ0) is 14.1. The summed E-state index contributed by atoms with van der Waals surface area (Å²) in [6.45, 7) is 4.80. The third-order valence-electron chi connectivity index (χ3n) is 2.56. The maximum atomic E-state index is 11.4. The van der Waals surface area contributed by atoms with Crippen molar-refractivity contribution in [2.24, 2.45) is 0 Å². The van der Waals surface area contributed by atoms with Gasteiger partial charge in [0.1, 0.15) is 5.75 Å². The molecule has 1 rings (SSSR count). The van der Waals surface area contributed by atoms with Crippen LogP contribution in [-0.2, 0) is 6.42 Å². The fraction of sp³-hybridized carbons (Fsp3) is 0.500. The van der Waals surface area contributed by atoms with Crippen molar-refractivity contribution >= 4 is 6.03 Å². The molecule has 0 aromatic heterocycles. The van der Waals surface area contributed by atoms with E-state index in [0.717, 1.165) is 17.7 Å². The number of carbonyl (C=O) groups excluding carboxylic acids is 1. The lowest BCUT2D eigenvalue weighted by Gasteiger charge is -2.12. The summed E-state index contributed by atoms with van der Waals surface area (Å²) in [4.78, 5) is 11.4. The van der Waals surface area contributed by atoms with Crippen LogP contribution in [0.2, 0.25) is 0 Å². The molecular formula is C14H22N2O3. The minimum Gasteiger partial charge on any atom is -0.494 e. The molecule has 0 aliphatic heterocycles. The number of aliphatic hydroxyl groups is 1. The number of hydrogen-bond acceptors (Lipinski definition) is 3. The van der Waals surface area contributed by atoms with E-state index in [4.69, 9.17) is 9.84 Å². The van der Waals surface area contributed by atoms with Gasteiger partial charge in [-0.05, 0) is 38.0 Å². The monoisotopic (exact) mass is 266 g/mol. The number of rotatable bonds is 7. The largest absolute Gasteiger partial charge is 0.494 e. The Hall–Kier alpha value is -1.75. The molecule has 5 heteroatoms. The normalized spacial score (nSPS) is 11.7. The molecule has 0 saturated carbocycles. The van der Waals surface area contributed by atoms with Crippen molar-refractivity contribution in [3.05, 3.63) is 29.8 Å². The molecule has 0 radical (unpaired) electrons. The van der Waals surface area contributed by atoms with Gasteiger partial charge in [-0.1, -0.05) is 12.1 Å². The number of benzene rings is 1. The zero-order valence-corrected chi connectivity index (χ0v) is 11.5. The van der Waals surface area contributed by atoms with E-state index in [9.17, 15) is 4.79 Å². The number of urea groups is 1. The van der Waals surface area contributed by atoms with Gasteiger partial charge in [0.15, 0.2) is 0 Å². The second-order valence-electron chi connectivity index (χ2n) is 4.31. The molecule has 19 heavy (non-hydrogen) atoms. The van der Waals surface area contributed by atoms with Crippen molar-refractivity contribution in [1.29, 1.82) is 0 Å². The van der Waals surface area contributed by atoms with Gasteiger partial charge < -0.3 is 20.5 Å². The second kappa shape index (κ2) is 8.37. The first-order chi connectivity index (χ1) is 9.15. The average Bonchev–Trinajstić information content (AvgIpc) is 2.39. The van der Waals surface area contributed by atoms with Crippen LogP contribution in [0.25, 0.3) is 0 Å². The van der Waals surface area contributed by atoms with Gasteiger partial charge in [-0.15, -0.1) is 0 Å². The van der Waals surface area contributed by atoms with Gasteiger partial charge in [-0.3, -0.25) is 0 Å². The van der Waals surface area contributed by atoms with Gasteiger partial charge in [0.25, 0.3) is 0 Å². The Morgan fingerprint density at radius 3 is 2.95 bits per heavy atom. The summed E-state index contributed by atoms with van der Waals surface area (Å²) in [6, 6.07) is 7.33. The van der Waals surface area contributed by atoms with Gasteiger partial charge >= 0.3 is 6.03 Å². The Kier molecular flexibility index (Phi) is 6.74. The van der Waals surface area contributed by atoms with Crippen LogP contribution in [-0.4, -0.2) is 36.9 Å². The first kappa shape index (κ1) is 15.3. The highest BCUT2D eigenvalue weighted by Crippen LogP contribution is 2.13. The summed E-state index contributed by atoms with van der Waals surface area (Å²) in [6.07, 6.45) is 0.738. The van der Waals surface area contributed by atoms with E-state index in [1.165, 1.54) is 0 Å². The fourth-order valence-electron chi connectivity index (χ4n) is 1.60. The minimum absolute atomic E-state index is 0.0657. The summed E-state index contributed by atoms with van der Waals surface area (Å²) < 4.78 is 5.41. The molecule has 0 bridgehead atoms. The fourth-order valence-corrected chi connectivity index (χ4v) is 1.60. The maximum Gasteiger partial charge on any atom is 0.315 e. The smallest absolute Gasteiger partial charge is 0.315 e. The Balaban J connectivity index is 2.32. The van der Waals surface area contributed by atoms with Gasteiger partial charge in [0, 0.05) is 6.54 Å².